The molecule has 64 valence electrons. The molecule has 0 saturated carbocycles. The maximum atomic E-state index is 10.3. The third-order valence-electron chi connectivity index (χ3n) is 1.36. The standard InChI is InChI=1S/C8H7BrO3/c9-8(4-10)5-1-6(11)3-7(12)2-5/h1-4,8,11-12H. The van der Waals surface area contributed by atoms with E-state index in [1.807, 2.05) is 0 Å². The highest BCUT2D eigenvalue weighted by atomic mass is 79.9. The number of hydrogen-bond donors (Lipinski definition) is 2. The largest absolute Gasteiger partial charge is 0.508 e. The molecule has 3 nitrogen and oxygen atoms in total. The molecule has 0 saturated heterocycles. The summed E-state index contributed by atoms with van der Waals surface area (Å²) in [5.41, 5.74) is 0.530. The van der Waals surface area contributed by atoms with Crippen LogP contribution in [0.3, 0.4) is 0 Å². The molecule has 1 atom stereocenters. The van der Waals surface area contributed by atoms with Crippen molar-refractivity contribution in [2.24, 2.45) is 0 Å². The summed E-state index contributed by atoms with van der Waals surface area (Å²) in [5.74, 6) is -0.118. The quantitative estimate of drug-likeness (QED) is 0.601. The Morgan fingerprint density at radius 3 is 2.17 bits per heavy atom. The molecule has 4 heteroatoms. The van der Waals surface area contributed by atoms with E-state index in [0.717, 1.165) is 0 Å². The molecular weight excluding hydrogens is 224 g/mol. The van der Waals surface area contributed by atoms with Crippen LogP contribution in [0.5, 0.6) is 11.5 Å². The monoisotopic (exact) mass is 230 g/mol. The molecule has 0 aromatic heterocycles. The van der Waals surface area contributed by atoms with E-state index in [4.69, 9.17) is 10.2 Å². The molecule has 0 aliphatic heterocycles. The van der Waals surface area contributed by atoms with Gasteiger partial charge in [-0.15, -0.1) is 0 Å². The maximum Gasteiger partial charge on any atom is 0.138 e. The zero-order chi connectivity index (χ0) is 9.14. The molecule has 0 aliphatic rings. The molecule has 1 unspecified atom stereocenters. The number of aldehydes is 1. The van der Waals surface area contributed by atoms with Gasteiger partial charge in [-0.25, -0.2) is 0 Å². The van der Waals surface area contributed by atoms with Crippen molar-refractivity contribution >= 4 is 22.2 Å². The van der Waals surface area contributed by atoms with E-state index in [0.29, 0.717) is 11.8 Å². The molecule has 12 heavy (non-hydrogen) atoms. The first-order valence-corrected chi connectivity index (χ1v) is 4.17. The molecule has 1 aromatic rings. The summed E-state index contributed by atoms with van der Waals surface area (Å²) in [6, 6.07) is 4.02. The second-order valence-corrected chi connectivity index (χ2v) is 3.31. The van der Waals surface area contributed by atoms with Crippen LogP contribution in [-0.2, 0) is 4.79 Å². The van der Waals surface area contributed by atoms with Crippen LogP contribution in [0.25, 0.3) is 0 Å². The summed E-state index contributed by atoms with van der Waals surface area (Å²) in [6.45, 7) is 0. The number of rotatable bonds is 2. The zero-order valence-corrected chi connectivity index (χ0v) is 7.65. The van der Waals surface area contributed by atoms with E-state index in [1.54, 1.807) is 0 Å². The molecule has 2 N–H and O–H groups in total. The van der Waals surface area contributed by atoms with Crippen LogP contribution < -0.4 is 0 Å². The summed E-state index contributed by atoms with van der Waals surface area (Å²) in [6.07, 6.45) is 0.675. The third-order valence-corrected chi connectivity index (χ3v) is 2.11. The lowest BCUT2D eigenvalue weighted by molar-refractivity contribution is -0.107. The van der Waals surface area contributed by atoms with Crippen LogP contribution in [0.1, 0.15) is 10.4 Å². The molecule has 1 rings (SSSR count). The molecule has 1 aromatic carbocycles. The van der Waals surface area contributed by atoms with Gasteiger partial charge in [-0.05, 0) is 17.7 Å². The van der Waals surface area contributed by atoms with Crippen LogP contribution in [0.4, 0.5) is 0 Å². The molecule has 0 amide bonds. The predicted octanol–water partition coefficient (Wildman–Crippen LogP) is 1.73. The first-order chi connectivity index (χ1) is 5.63. The second kappa shape index (κ2) is 3.58. The van der Waals surface area contributed by atoms with Gasteiger partial charge in [0.25, 0.3) is 0 Å². The van der Waals surface area contributed by atoms with Crippen LogP contribution in [-0.4, -0.2) is 16.5 Å². The summed E-state index contributed by atoms with van der Waals surface area (Å²) in [7, 11) is 0. The van der Waals surface area contributed by atoms with Gasteiger partial charge in [-0.1, -0.05) is 15.9 Å². The fourth-order valence-electron chi connectivity index (χ4n) is 0.856. The van der Waals surface area contributed by atoms with Crippen molar-refractivity contribution in [2.75, 3.05) is 0 Å². The average molecular weight is 231 g/mol. The first kappa shape index (κ1) is 9.06. The number of benzene rings is 1. The lowest BCUT2D eigenvalue weighted by Crippen LogP contribution is -1.89. The van der Waals surface area contributed by atoms with Crippen molar-refractivity contribution in [1.82, 2.24) is 0 Å². The molecular formula is C8H7BrO3. The summed E-state index contributed by atoms with van der Waals surface area (Å²) >= 11 is 3.06. The minimum Gasteiger partial charge on any atom is -0.508 e. The predicted molar refractivity (Wildman–Crippen MR) is 47.5 cm³/mol. The molecule has 0 bridgehead atoms. The summed E-state index contributed by atoms with van der Waals surface area (Å²) < 4.78 is 0. The molecule has 0 aliphatic carbocycles. The number of phenolic OH excluding ortho intramolecular Hbond substituents is 2. The summed E-state index contributed by atoms with van der Waals surface area (Å²) in [5, 5.41) is 18.1. The smallest absolute Gasteiger partial charge is 0.138 e. The minimum atomic E-state index is -0.490. The van der Waals surface area contributed by atoms with Crippen LogP contribution >= 0.6 is 15.9 Å². The summed E-state index contributed by atoms with van der Waals surface area (Å²) in [4.78, 5) is 9.83. The Bertz CT molecular complexity index is 278. The second-order valence-electron chi connectivity index (χ2n) is 2.32. The number of carbonyl (C=O) groups excluding carboxylic acids is 1. The number of hydrogen-bond acceptors (Lipinski definition) is 3. The van der Waals surface area contributed by atoms with Crippen molar-refractivity contribution in [3.63, 3.8) is 0 Å². The van der Waals surface area contributed by atoms with Crippen LogP contribution in [0.2, 0.25) is 0 Å². The van der Waals surface area contributed by atoms with Gasteiger partial charge >= 0.3 is 0 Å². The maximum absolute atomic E-state index is 10.3. The van der Waals surface area contributed by atoms with Crippen molar-refractivity contribution < 1.29 is 15.0 Å². The van der Waals surface area contributed by atoms with E-state index < -0.39 is 4.83 Å². The Morgan fingerprint density at radius 1 is 1.25 bits per heavy atom. The SMILES string of the molecule is O=CC(Br)c1cc(O)cc(O)c1. The van der Waals surface area contributed by atoms with E-state index in [1.165, 1.54) is 18.2 Å². The fraction of sp³-hybridized carbons (Fsp3) is 0.125. The van der Waals surface area contributed by atoms with Gasteiger partial charge in [0.15, 0.2) is 0 Å². The van der Waals surface area contributed by atoms with Gasteiger partial charge in [0.05, 0.1) is 4.83 Å². The van der Waals surface area contributed by atoms with Gasteiger partial charge < -0.3 is 15.0 Å². The number of halogens is 1. The topological polar surface area (TPSA) is 57.5 Å². The number of phenols is 2. The molecule has 0 radical (unpaired) electrons. The lowest BCUT2D eigenvalue weighted by Gasteiger charge is -2.03. The van der Waals surface area contributed by atoms with Gasteiger partial charge in [-0.3, -0.25) is 0 Å². The van der Waals surface area contributed by atoms with E-state index in [2.05, 4.69) is 15.9 Å². The Hall–Kier alpha value is -1.03. The fourth-order valence-corrected chi connectivity index (χ4v) is 1.12. The van der Waals surface area contributed by atoms with Gasteiger partial charge in [0.1, 0.15) is 17.8 Å². The van der Waals surface area contributed by atoms with Crippen molar-refractivity contribution in [3.05, 3.63) is 23.8 Å². The Kier molecular flexibility index (Phi) is 2.70. The highest BCUT2D eigenvalue weighted by Crippen LogP contribution is 2.27. The first-order valence-electron chi connectivity index (χ1n) is 3.26. The van der Waals surface area contributed by atoms with E-state index in [9.17, 15) is 4.79 Å². The van der Waals surface area contributed by atoms with E-state index >= 15 is 0 Å². The highest BCUT2D eigenvalue weighted by molar-refractivity contribution is 9.09. The Labute approximate surface area is 77.8 Å². The van der Waals surface area contributed by atoms with Crippen molar-refractivity contribution in [3.8, 4) is 11.5 Å². The normalized spacial score (nSPS) is 12.4. The Balaban J connectivity index is 3.08. The minimum absolute atomic E-state index is 0.0590. The van der Waals surface area contributed by atoms with Gasteiger partial charge in [-0.2, -0.15) is 0 Å². The van der Waals surface area contributed by atoms with Crippen LogP contribution in [0.15, 0.2) is 18.2 Å². The van der Waals surface area contributed by atoms with E-state index in [-0.39, 0.29) is 11.5 Å². The number of carbonyl (C=O) groups is 1. The van der Waals surface area contributed by atoms with Crippen LogP contribution in [0, 0.1) is 0 Å². The lowest BCUT2D eigenvalue weighted by atomic mass is 10.1. The highest BCUT2D eigenvalue weighted by Gasteiger charge is 2.07. The average Bonchev–Trinajstić information content (AvgIpc) is 2.01. The molecule has 0 spiro atoms. The molecule has 0 fully saturated rings. The third kappa shape index (κ3) is 1.98. The zero-order valence-electron chi connectivity index (χ0n) is 6.07. The van der Waals surface area contributed by atoms with Gasteiger partial charge in [0, 0.05) is 6.07 Å². The van der Waals surface area contributed by atoms with Crippen molar-refractivity contribution in [1.29, 1.82) is 0 Å². The van der Waals surface area contributed by atoms with Crippen molar-refractivity contribution in [2.45, 2.75) is 4.83 Å². The molecule has 0 heterocycles. The van der Waals surface area contributed by atoms with Gasteiger partial charge in [0.2, 0.25) is 0 Å². The number of aromatic hydroxyl groups is 2. The number of alkyl halides is 1. The Morgan fingerprint density at radius 2 is 1.75 bits per heavy atom.